The van der Waals surface area contributed by atoms with Gasteiger partial charge in [0, 0.05) is 25.6 Å². The predicted octanol–water partition coefficient (Wildman–Crippen LogP) is -0.748. The number of amides is 2. The van der Waals surface area contributed by atoms with Gasteiger partial charge in [-0.05, 0) is 6.92 Å². The largest absolute Gasteiger partial charge is 0.375 e. The van der Waals surface area contributed by atoms with E-state index in [2.05, 4.69) is 16.0 Å². The summed E-state index contributed by atoms with van der Waals surface area (Å²) in [5, 5.41) is 8.64. The molecule has 2 atom stereocenters. The summed E-state index contributed by atoms with van der Waals surface area (Å²) >= 11 is 0. The van der Waals surface area contributed by atoms with E-state index in [1.54, 1.807) is 0 Å². The van der Waals surface area contributed by atoms with E-state index in [1.165, 1.54) is 0 Å². The molecule has 0 aromatic rings. The summed E-state index contributed by atoms with van der Waals surface area (Å²) < 4.78 is 5.39. The van der Waals surface area contributed by atoms with Crippen molar-refractivity contribution >= 4 is 11.8 Å². The average Bonchev–Trinajstić information content (AvgIpc) is 2.34. The maximum absolute atomic E-state index is 11.8. The molecule has 1 aliphatic rings. The van der Waals surface area contributed by atoms with Gasteiger partial charge < -0.3 is 20.7 Å². The van der Waals surface area contributed by atoms with Gasteiger partial charge in [0.1, 0.15) is 6.04 Å². The van der Waals surface area contributed by atoms with Gasteiger partial charge in [-0.15, -0.1) is 0 Å². The number of nitrogens with one attached hydrogen (secondary N) is 3. The molecule has 1 fully saturated rings. The van der Waals surface area contributed by atoms with E-state index in [4.69, 9.17) is 4.74 Å². The summed E-state index contributed by atoms with van der Waals surface area (Å²) in [6, 6.07) is -0.306. The molecule has 1 saturated heterocycles. The van der Waals surface area contributed by atoms with Gasteiger partial charge in [-0.25, -0.2) is 0 Å². The summed E-state index contributed by atoms with van der Waals surface area (Å²) in [6.07, 6.45) is -0.121. The van der Waals surface area contributed by atoms with Crippen LogP contribution in [0.3, 0.4) is 0 Å². The van der Waals surface area contributed by atoms with Crippen LogP contribution >= 0.6 is 0 Å². The second-order valence-electron chi connectivity index (χ2n) is 4.74. The molecule has 0 bridgehead atoms. The second-order valence-corrected chi connectivity index (χ2v) is 4.74. The van der Waals surface area contributed by atoms with Crippen molar-refractivity contribution in [2.75, 3.05) is 26.2 Å². The Kier molecular flexibility index (Phi) is 6.07. The molecule has 0 unspecified atom stereocenters. The minimum Gasteiger partial charge on any atom is -0.375 e. The molecular formula is C12H23N3O3. The van der Waals surface area contributed by atoms with Gasteiger partial charge >= 0.3 is 0 Å². The minimum absolute atomic E-state index is 0.00302. The molecule has 3 N–H and O–H groups in total. The van der Waals surface area contributed by atoms with Crippen LogP contribution in [0, 0.1) is 5.92 Å². The fourth-order valence-corrected chi connectivity index (χ4v) is 1.71. The maximum Gasteiger partial charge on any atom is 0.239 e. The highest BCUT2D eigenvalue weighted by Gasteiger charge is 2.27. The second kappa shape index (κ2) is 7.33. The number of carbonyl (C=O) groups is 2. The third kappa shape index (κ3) is 4.62. The first-order chi connectivity index (χ1) is 8.52. The predicted molar refractivity (Wildman–Crippen MR) is 68.1 cm³/mol. The van der Waals surface area contributed by atoms with Crippen molar-refractivity contribution < 1.29 is 14.3 Å². The number of morpholine rings is 1. The van der Waals surface area contributed by atoms with E-state index >= 15 is 0 Å². The molecular weight excluding hydrogens is 234 g/mol. The number of ether oxygens (including phenoxy) is 1. The van der Waals surface area contributed by atoms with Crippen molar-refractivity contribution in [3.63, 3.8) is 0 Å². The number of carbonyl (C=O) groups excluding carboxylic acids is 2. The van der Waals surface area contributed by atoms with Crippen LogP contribution in [0.4, 0.5) is 0 Å². The van der Waals surface area contributed by atoms with E-state index in [1.807, 2.05) is 20.8 Å². The Morgan fingerprint density at radius 3 is 2.61 bits per heavy atom. The van der Waals surface area contributed by atoms with Crippen molar-refractivity contribution in [3.8, 4) is 0 Å². The van der Waals surface area contributed by atoms with Gasteiger partial charge in [0.2, 0.25) is 11.8 Å². The maximum atomic E-state index is 11.8. The van der Waals surface area contributed by atoms with Crippen molar-refractivity contribution in [1.29, 1.82) is 0 Å². The smallest absolute Gasteiger partial charge is 0.239 e. The highest BCUT2D eigenvalue weighted by Crippen LogP contribution is 2.03. The highest BCUT2D eigenvalue weighted by atomic mass is 16.5. The van der Waals surface area contributed by atoms with Crippen LogP contribution in [0.15, 0.2) is 0 Å². The lowest BCUT2D eigenvalue weighted by molar-refractivity contribution is -0.129. The van der Waals surface area contributed by atoms with E-state index in [9.17, 15) is 9.59 Å². The Bertz CT molecular complexity index is 294. The van der Waals surface area contributed by atoms with Crippen molar-refractivity contribution in [2.24, 2.45) is 5.92 Å². The van der Waals surface area contributed by atoms with E-state index in [0.29, 0.717) is 26.2 Å². The van der Waals surface area contributed by atoms with Crippen molar-refractivity contribution in [1.82, 2.24) is 16.0 Å². The molecule has 1 rings (SSSR count). The zero-order valence-electron chi connectivity index (χ0n) is 11.3. The Hall–Kier alpha value is -1.14. The molecule has 0 saturated carbocycles. The minimum atomic E-state index is -0.306. The van der Waals surface area contributed by atoms with E-state index in [-0.39, 0.29) is 29.9 Å². The van der Waals surface area contributed by atoms with Crippen molar-refractivity contribution in [2.45, 2.75) is 32.9 Å². The summed E-state index contributed by atoms with van der Waals surface area (Å²) in [6.45, 7) is 7.74. The third-order valence-corrected chi connectivity index (χ3v) is 2.85. The molecule has 0 aromatic heterocycles. The van der Waals surface area contributed by atoms with Crippen LogP contribution in [0.25, 0.3) is 0 Å². The van der Waals surface area contributed by atoms with E-state index in [0.717, 1.165) is 0 Å². The van der Waals surface area contributed by atoms with Gasteiger partial charge in [-0.1, -0.05) is 13.8 Å². The van der Waals surface area contributed by atoms with Gasteiger partial charge in [0.15, 0.2) is 0 Å². The van der Waals surface area contributed by atoms with Crippen LogP contribution in [0.5, 0.6) is 0 Å². The Balaban J connectivity index is 2.18. The summed E-state index contributed by atoms with van der Waals surface area (Å²) in [4.78, 5) is 23.1. The van der Waals surface area contributed by atoms with E-state index < -0.39 is 0 Å². The van der Waals surface area contributed by atoms with Gasteiger partial charge in [-0.2, -0.15) is 0 Å². The number of hydrogen-bond acceptors (Lipinski definition) is 4. The quantitative estimate of drug-likeness (QED) is 0.566. The lowest BCUT2D eigenvalue weighted by Gasteiger charge is -2.29. The normalized spacial score (nSPS) is 23.8. The Labute approximate surface area is 108 Å². The first kappa shape index (κ1) is 14.9. The molecule has 18 heavy (non-hydrogen) atoms. The molecule has 1 heterocycles. The lowest BCUT2D eigenvalue weighted by Crippen LogP contribution is -2.56. The Morgan fingerprint density at radius 1 is 1.33 bits per heavy atom. The Morgan fingerprint density at radius 2 is 2.00 bits per heavy atom. The monoisotopic (exact) mass is 257 g/mol. The van der Waals surface area contributed by atoms with Crippen LogP contribution in [-0.2, 0) is 14.3 Å². The number of hydrogen-bond donors (Lipinski definition) is 3. The summed E-state index contributed by atoms with van der Waals surface area (Å²) in [5.41, 5.74) is 0. The molecule has 104 valence electrons. The molecule has 0 radical (unpaired) electrons. The van der Waals surface area contributed by atoms with Gasteiger partial charge in [0.05, 0.1) is 12.7 Å². The molecule has 1 aliphatic heterocycles. The average molecular weight is 257 g/mol. The molecule has 2 amide bonds. The SMILES string of the molecule is CC(C)C(=O)NCCNC(=O)[C@H]1NCCO[C@@H]1C. The van der Waals surface area contributed by atoms with Gasteiger partial charge in [0.25, 0.3) is 0 Å². The lowest BCUT2D eigenvalue weighted by atomic mass is 10.1. The fourth-order valence-electron chi connectivity index (χ4n) is 1.71. The van der Waals surface area contributed by atoms with Crippen LogP contribution in [-0.4, -0.2) is 50.2 Å². The third-order valence-electron chi connectivity index (χ3n) is 2.85. The molecule has 0 aliphatic carbocycles. The first-order valence-electron chi connectivity index (χ1n) is 6.42. The van der Waals surface area contributed by atoms with Crippen LogP contribution in [0.1, 0.15) is 20.8 Å². The molecule has 6 nitrogen and oxygen atoms in total. The number of rotatable bonds is 5. The van der Waals surface area contributed by atoms with Crippen LogP contribution in [0.2, 0.25) is 0 Å². The van der Waals surface area contributed by atoms with Crippen LogP contribution < -0.4 is 16.0 Å². The summed E-state index contributed by atoms with van der Waals surface area (Å²) in [7, 11) is 0. The van der Waals surface area contributed by atoms with Crippen molar-refractivity contribution in [3.05, 3.63) is 0 Å². The zero-order valence-corrected chi connectivity index (χ0v) is 11.3. The molecule has 6 heteroatoms. The molecule has 0 spiro atoms. The zero-order chi connectivity index (χ0) is 13.5. The summed E-state index contributed by atoms with van der Waals surface area (Å²) in [5.74, 6) is -0.119. The molecule has 0 aromatic carbocycles. The highest BCUT2D eigenvalue weighted by molar-refractivity contribution is 5.82. The fraction of sp³-hybridized carbons (Fsp3) is 0.833. The topological polar surface area (TPSA) is 79.5 Å². The first-order valence-corrected chi connectivity index (χ1v) is 6.42. The van der Waals surface area contributed by atoms with Gasteiger partial charge in [-0.3, -0.25) is 9.59 Å². The standard InChI is InChI=1S/C12H23N3O3/c1-8(2)11(16)14-4-5-15-12(17)10-9(3)18-7-6-13-10/h8-10,13H,4-7H2,1-3H3,(H,14,16)(H,15,17)/t9-,10+/m1/s1.